The first-order valence-electron chi connectivity index (χ1n) is 4.43. The maximum Gasteiger partial charge on any atom is 0.329 e. The molecular formula is C8H7N5O2S2. The number of nitrogen functional groups attached to an aromatic ring is 1. The van der Waals surface area contributed by atoms with E-state index in [0.717, 1.165) is 16.2 Å². The molecule has 2 heterocycles. The standard InChI is InChI=1S/C8H7N5O2S2/c1-4-3-16-8(11-4)17-7-10-2-5(13(14)15)6(9)12-7/h2-3H,1H3,(H2,9,10,12). The minimum absolute atomic E-state index is 0.138. The van der Waals surface area contributed by atoms with Crippen LogP contribution in [0.1, 0.15) is 5.69 Å². The summed E-state index contributed by atoms with van der Waals surface area (Å²) in [5.41, 5.74) is 6.08. The molecule has 0 fully saturated rings. The monoisotopic (exact) mass is 269 g/mol. The molecule has 9 heteroatoms. The van der Waals surface area contributed by atoms with Crippen molar-refractivity contribution in [1.29, 1.82) is 0 Å². The highest BCUT2D eigenvalue weighted by molar-refractivity contribution is 8.00. The van der Waals surface area contributed by atoms with Crippen LogP contribution in [-0.2, 0) is 0 Å². The molecule has 0 aliphatic carbocycles. The zero-order valence-corrected chi connectivity index (χ0v) is 10.3. The summed E-state index contributed by atoms with van der Waals surface area (Å²) in [6, 6.07) is 0. The second-order valence-corrected chi connectivity index (χ2v) is 5.11. The molecule has 0 radical (unpaired) electrons. The molecule has 0 saturated heterocycles. The van der Waals surface area contributed by atoms with E-state index in [1.165, 1.54) is 23.1 Å². The van der Waals surface area contributed by atoms with E-state index in [-0.39, 0.29) is 11.5 Å². The summed E-state index contributed by atoms with van der Waals surface area (Å²) in [5.74, 6) is -0.138. The lowest BCUT2D eigenvalue weighted by molar-refractivity contribution is -0.384. The largest absolute Gasteiger partial charge is 0.378 e. The summed E-state index contributed by atoms with van der Waals surface area (Å²) in [5, 5.41) is 12.8. The van der Waals surface area contributed by atoms with E-state index in [1.807, 2.05) is 12.3 Å². The van der Waals surface area contributed by atoms with Crippen LogP contribution < -0.4 is 5.73 Å². The molecule has 0 saturated carbocycles. The molecule has 0 spiro atoms. The van der Waals surface area contributed by atoms with Gasteiger partial charge in [-0.05, 0) is 18.7 Å². The topological polar surface area (TPSA) is 108 Å². The molecule has 0 bridgehead atoms. The van der Waals surface area contributed by atoms with Crippen LogP contribution in [0.4, 0.5) is 11.5 Å². The van der Waals surface area contributed by atoms with E-state index in [0.29, 0.717) is 5.16 Å². The molecule has 88 valence electrons. The minimum Gasteiger partial charge on any atom is -0.378 e. The van der Waals surface area contributed by atoms with Gasteiger partial charge in [-0.15, -0.1) is 11.3 Å². The van der Waals surface area contributed by atoms with E-state index in [1.54, 1.807) is 0 Å². The SMILES string of the molecule is Cc1csc(Sc2ncc([N+](=O)[O-])c(N)n2)n1. The quantitative estimate of drug-likeness (QED) is 0.514. The maximum atomic E-state index is 10.5. The molecule has 0 aliphatic heterocycles. The molecule has 17 heavy (non-hydrogen) atoms. The van der Waals surface area contributed by atoms with Crippen LogP contribution in [0.25, 0.3) is 0 Å². The third-order valence-corrected chi connectivity index (χ3v) is 3.68. The normalized spacial score (nSPS) is 10.4. The lowest BCUT2D eigenvalue weighted by Crippen LogP contribution is -2.00. The number of rotatable bonds is 3. The fraction of sp³-hybridized carbons (Fsp3) is 0.125. The highest BCUT2D eigenvalue weighted by Crippen LogP contribution is 2.29. The number of aryl methyl sites for hydroxylation is 1. The van der Waals surface area contributed by atoms with Gasteiger partial charge in [-0.25, -0.2) is 9.97 Å². The summed E-state index contributed by atoms with van der Waals surface area (Å²) in [6.07, 6.45) is 1.10. The average molecular weight is 269 g/mol. The Hall–Kier alpha value is -1.74. The Morgan fingerprint density at radius 3 is 2.82 bits per heavy atom. The Bertz CT molecular complexity index is 571. The van der Waals surface area contributed by atoms with Gasteiger partial charge in [0.05, 0.1) is 4.92 Å². The number of nitro groups is 1. The van der Waals surface area contributed by atoms with Crippen LogP contribution in [0.15, 0.2) is 21.1 Å². The number of hydrogen-bond donors (Lipinski definition) is 1. The highest BCUT2D eigenvalue weighted by Gasteiger charge is 2.15. The maximum absolute atomic E-state index is 10.5. The Balaban J connectivity index is 2.23. The predicted octanol–water partition coefficient (Wildman–Crippen LogP) is 1.88. The molecule has 2 rings (SSSR count). The molecule has 0 unspecified atom stereocenters. The second kappa shape index (κ2) is 4.63. The van der Waals surface area contributed by atoms with E-state index >= 15 is 0 Å². The number of hydrogen-bond acceptors (Lipinski definition) is 8. The molecule has 2 N–H and O–H groups in total. The van der Waals surface area contributed by atoms with Crippen molar-refractivity contribution in [2.75, 3.05) is 5.73 Å². The van der Waals surface area contributed by atoms with Crippen molar-refractivity contribution in [2.24, 2.45) is 0 Å². The van der Waals surface area contributed by atoms with Crippen molar-refractivity contribution in [3.63, 3.8) is 0 Å². The molecule has 0 aliphatic rings. The number of thiazole rings is 1. The molecule has 7 nitrogen and oxygen atoms in total. The van der Waals surface area contributed by atoms with Gasteiger partial charge in [-0.2, -0.15) is 4.98 Å². The van der Waals surface area contributed by atoms with Gasteiger partial charge in [0, 0.05) is 11.1 Å². The van der Waals surface area contributed by atoms with Crippen molar-refractivity contribution in [2.45, 2.75) is 16.4 Å². The second-order valence-electron chi connectivity index (χ2n) is 3.04. The van der Waals surface area contributed by atoms with Crippen LogP contribution in [0.2, 0.25) is 0 Å². The molecule has 2 aromatic rings. The van der Waals surface area contributed by atoms with Gasteiger partial charge in [0.2, 0.25) is 5.82 Å². The van der Waals surface area contributed by atoms with Crippen LogP contribution in [0, 0.1) is 17.0 Å². The smallest absolute Gasteiger partial charge is 0.329 e. The van der Waals surface area contributed by atoms with Crippen LogP contribution in [0.5, 0.6) is 0 Å². The first kappa shape index (κ1) is 11.7. The van der Waals surface area contributed by atoms with E-state index in [9.17, 15) is 10.1 Å². The molecule has 0 atom stereocenters. The molecular weight excluding hydrogens is 262 g/mol. The van der Waals surface area contributed by atoms with Gasteiger partial charge in [-0.3, -0.25) is 10.1 Å². The van der Waals surface area contributed by atoms with Gasteiger partial charge in [-0.1, -0.05) is 0 Å². The van der Waals surface area contributed by atoms with Gasteiger partial charge in [0.15, 0.2) is 9.50 Å². The van der Waals surface area contributed by atoms with Gasteiger partial charge in [0.25, 0.3) is 0 Å². The van der Waals surface area contributed by atoms with Gasteiger partial charge in [0.1, 0.15) is 6.20 Å². The van der Waals surface area contributed by atoms with Crippen LogP contribution in [0.3, 0.4) is 0 Å². The zero-order chi connectivity index (χ0) is 12.4. The van der Waals surface area contributed by atoms with Crippen molar-refractivity contribution >= 4 is 34.6 Å². The summed E-state index contributed by atoms with van der Waals surface area (Å²) < 4.78 is 0.774. The average Bonchev–Trinajstić information content (AvgIpc) is 2.63. The summed E-state index contributed by atoms with van der Waals surface area (Å²) in [6.45, 7) is 1.88. The first-order chi connectivity index (χ1) is 8.06. The number of anilines is 1. The van der Waals surface area contributed by atoms with Crippen LogP contribution >= 0.6 is 23.1 Å². The van der Waals surface area contributed by atoms with E-state index in [4.69, 9.17) is 5.73 Å². The fourth-order valence-corrected chi connectivity index (χ4v) is 2.70. The predicted molar refractivity (Wildman–Crippen MR) is 64.1 cm³/mol. The van der Waals surface area contributed by atoms with Crippen molar-refractivity contribution in [3.8, 4) is 0 Å². The molecule has 0 amide bonds. The number of nitrogens with zero attached hydrogens (tertiary/aromatic N) is 4. The van der Waals surface area contributed by atoms with E-state index < -0.39 is 4.92 Å². The zero-order valence-electron chi connectivity index (χ0n) is 8.65. The van der Waals surface area contributed by atoms with Gasteiger partial charge >= 0.3 is 5.69 Å². The Kier molecular flexibility index (Phi) is 3.20. The number of aromatic nitrogens is 3. The third-order valence-electron chi connectivity index (χ3n) is 1.75. The van der Waals surface area contributed by atoms with Crippen molar-refractivity contribution < 1.29 is 4.92 Å². The summed E-state index contributed by atoms with van der Waals surface area (Å²) >= 11 is 2.68. The summed E-state index contributed by atoms with van der Waals surface area (Å²) in [4.78, 5) is 21.8. The van der Waals surface area contributed by atoms with Gasteiger partial charge < -0.3 is 5.73 Å². The Labute approximate surface area is 104 Å². The Morgan fingerprint density at radius 1 is 1.53 bits per heavy atom. The highest BCUT2D eigenvalue weighted by atomic mass is 32.2. The minimum atomic E-state index is -0.614. The Morgan fingerprint density at radius 2 is 2.29 bits per heavy atom. The number of nitrogens with two attached hydrogens (primary N) is 1. The third kappa shape index (κ3) is 2.68. The fourth-order valence-electron chi connectivity index (χ4n) is 1.02. The van der Waals surface area contributed by atoms with E-state index in [2.05, 4.69) is 15.0 Å². The summed E-state index contributed by atoms with van der Waals surface area (Å²) in [7, 11) is 0. The van der Waals surface area contributed by atoms with Crippen LogP contribution in [-0.4, -0.2) is 19.9 Å². The lowest BCUT2D eigenvalue weighted by Gasteiger charge is -1.98. The van der Waals surface area contributed by atoms with Crippen molar-refractivity contribution in [3.05, 3.63) is 27.4 Å². The lowest BCUT2D eigenvalue weighted by atomic mass is 10.5. The molecule has 0 aromatic carbocycles. The molecule has 2 aromatic heterocycles. The first-order valence-corrected chi connectivity index (χ1v) is 6.13. The van der Waals surface area contributed by atoms with Crippen molar-refractivity contribution in [1.82, 2.24) is 15.0 Å².